The number of methoxy groups -OCH3 is 2. The van der Waals surface area contributed by atoms with Crippen LogP contribution in [0, 0.1) is 0 Å². The van der Waals surface area contributed by atoms with Gasteiger partial charge in [0.05, 0.1) is 13.7 Å². The fourth-order valence-electron chi connectivity index (χ4n) is 1.94. The predicted molar refractivity (Wildman–Crippen MR) is 93.1 cm³/mol. The summed E-state index contributed by atoms with van der Waals surface area (Å²) in [5, 5.41) is 6.50. The van der Waals surface area contributed by atoms with Gasteiger partial charge in [0.2, 0.25) is 0 Å². The Bertz CT molecular complexity index is 435. The molecule has 6 heteroatoms. The van der Waals surface area contributed by atoms with E-state index >= 15 is 0 Å². The lowest BCUT2D eigenvalue weighted by Crippen LogP contribution is -2.38. The number of rotatable bonds is 11. The maximum atomic E-state index is 5.66. The van der Waals surface area contributed by atoms with Crippen molar-refractivity contribution in [2.24, 2.45) is 4.99 Å². The molecule has 2 N–H and O–H groups in total. The van der Waals surface area contributed by atoms with Crippen molar-refractivity contribution in [2.45, 2.75) is 19.4 Å². The number of hydrogen-bond acceptors (Lipinski definition) is 4. The first-order chi connectivity index (χ1) is 11.3. The second-order valence-corrected chi connectivity index (χ2v) is 5.03. The van der Waals surface area contributed by atoms with Crippen LogP contribution < -0.4 is 15.4 Å². The summed E-state index contributed by atoms with van der Waals surface area (Å²) in [6, 6.07) is 7.92. The Morgan fingerprint density at radius 3 is 2.22 bits per heavy atom. The molecule has 0 bridgehead atoms. The minimum Gasteiger partial charge on any atom is -0.497 e. The Hall–Kier alpha value is -1.79. The van der Waals surface area contributed by atoms with Gasteiger partial charge >= 0.3 is 0 Å². The van der Waals surface area contributed by atoms with E-state index in [1.807, 2.05) is 24.3 Å². The monoisotopic (exact) mass is 323 g/mol. The van der Waals surface area contributed by atoms with Crippen LogP contribution >= 0.6 is 0 Å². The van der Waals surface area contributed by atoms with Gasteiger partial charge in [-0.25, -0.2) is 0 Å². The van der Waals surface area contributed by atoms with Gasteiger partial charge in [-0.2, -0.15) is 0 Å². The van der Waals surface area contributed by atoms with Gasteiger partial charge in [0.1, 0.15) is 5.75 Å². The van der Waals surface area contributed by atoms with Crippen LogP contribution in [0.25, 0.3) is 0 Å². The van der Waals surface area contributed by atoms with E-state index in [9.17, 15) is 0 Å². The highest BCUT2D eigenvalue weighted by Gasteiger charge is 1.98. The molecular weight excluding hydrogens is 294 g/mol. The average molecular weight is 323 g/mol. The first-order valence-electron chi connectivity index (χ1n) is 7.94. The largest absolute Gasteiger partial charge is 0.497 e. The van der Waals surface area contributed by atoms with Crippen LogP contribution in [0.1, 0.15) is 18.4 Å². The van der Waals surface area contributed by atoms with Crippen LogP contribution in [-0.4, -0.2) is 53.5 Å². The lowest BCUT2D eigenvalue weighted by molar-refractivity contribution is 0.119. The van der Waals surface area contributed by atoms with Gasteiger partial charge in [-0.05, 0) is 30.5 Å². The predicted octanol–water partition coefficient (Wildman–Crippen LogP) is 1.80. The van der Waals surface area contributed by atoms with E-state index in [-0.39, 0.29) is 0 Å². The molecule has 0 radical (unpaired) electrons. The minimum atomic E-state index is 0.619. The molecular formula is C17H29N3O3. The quantitative estimate of drug-likeness (QED) is 0.369. The number of nitrogens with one attached hydrogen (secondary N) is 2. The van der Waals surface area contributed by atoms with Gasteiger partial charge in [0.15, 0.2) is 5.96 Å². The maximum absolute atomic E-state index is 5.66. The summed E-state index contributed by atoms with van der Waals surface area (Å²) in [7, 11) is 5.14. The summed E-state index contributed by atoms with van der Waals surface area (Å²) in [6.45, 7) is 3.75. The molecule has 0 spiro atoms. The lowest BCUT2D eigenvalue weighted by Gasteiger charge is -2.11. The molecule has 0 amide bonds. The third-order valence-corrected chi connectivity index (χ3v) is 3.23. The number of guanidine groups is 1. The third-order valence-electron chi connectivity index (χ3n) is 3.23. The number of aliphatic imine (C=N–C) groups is 1. The average Bonchev–Trinajstić information content (AvgIpc) is 2.60. The van der Waals surface area contributed by atoms with E-state index < -0.39 is 0 Å². The smallest absolute Gasteiger partial charge is 0.190 e. The summed E-state index contributed by atoms with van der Waals surface area (Å²) < 4.78 is 15.8. The second kappa shape index (κ2) is 12.7. The van der Waals surface area contributed by atoms with Crippen molar-refractivity contribution in [3.8, 4) is 5.75 Å². The Morgan fingerprint density at radius 1 is 1.00 bits per heavy atom. The zero-order valence-electron chi connectivity index (χ0n) is 14.4. The van der Waals surface area contributed by atoms with Gasteiger partial charge in [-0.3, -0.25) is 4.99 Å². The summed E-state index contributed by atoms with van der Waals surface area (Å²) >= 11 is 0. The Morgan fingerprint density at radius 2 is 1.65 bits per heavy atom. The van der Waals surface area contributed by atoms with Crippen LogP contribution in [0.4, 0.5) is 0 Å². The fourth-order valence-corrected chi connectivity index (χ4v) is 1.94. The molecule has 6 nitrogen and oxygen atoms in total. The van der Waals surface area contributed by atoms with E-state index in [4.69, 9.17) is 14.2 Å². The highest BCUT2D eigenvalue weighted by atomic mass is 16.5. The number of hydrogen-bond donors (Lipinski definition) is 2. The van der Waals surface area contributed by atoms with Crippen molar-refractivity contribution >= 4 is 5.96 Å². The summed E-state index contributed by atoms with van der Waals surface area (Å²) in [6.07, 6.45) is 1.89. The molecule has 0 fully saturated rings. The molecule has 0 saturated carbocycles. The zero-order chi connectivity index (χ0) is 16.8. The minimum absolute atomic E-state index is 0.619. The van der Waals surface area contributed by atoms with Crippen molar-refractivity contribution in [3.05, 3.63) is 29.8 Å². The molecule has 0 aromatic heterocycles. The first kappa shape index (κ1) is 19.3. The van der Waals surface area contributed by atoms with Crippen LogP contribution in [0.15, 0.2) is 29.3 Å². The molecule has 130 valence electrons. The highest BCUT2D eigenvalue weighted by Crippen LogP contribution is 2.11. The highest BCUT2D eigenvalue weighted by molar-refractivity contribution is 5.79. The standard InChI is InChI=1S/C17H29N3O3/c1-18-17(19-10-4-12-21-2)20-11-5-13-23-14-15-6-8-16(22-3)9-7-15/h6-9H,4-5,10-14H2,1-3H3,(H2,18,19,20). The van der Waals surface area contributed by atoms with E-state index in [1.54, 1.807) is 21.3 Å². The Kier molecular flexibility index (Phi) is 10.7. The van der Waals surface area contributed by atoms with Crippen molar-refractivity contribution in [1.82, 2.24) is 10.6 Å². The molecule has 0 heterocycles. The molecule has 0 aliphatic rings. The van der Waals surface area contributed by atoms with E-state index in [2.05, 4.69) is 15.6 Å². The Balaban J connectivity index is 2.05. The molecule has 23 heavy (non-hydrogen) atoms. The van der Waals surface area contributed by atoms with Crippen LogP contribution in [0.3, 0.4) is 0 Å². The number of benzene rings is 1. The van der Waals surface area contributed by atoms with E-state index in [1.165, 1.54) is 0 Å². The van der Waals surface area contributed by atoms with Crippen LogP contribution in [0.2, 0.25) is 0 Å². The lowest BCUT2D eigenvalue weighted by atomic mass is 10.2. The normalized spacial score (nSPS) is 11.3. The second-order valence-electron chi connectivity index (χ2n) is 5.03. The van der Waals surface area contributed by atoms with Gasteiger partial charge in [0.25, 0.3) is 0 Å². The number of ether oxygens (including phenoxy) is 3. The van der Waals surface area contributed by atoms with Gasteiger partial charge in [-0.1, -0.05) is 12.1 Å². The summed E-state index contributed by atoms with van der Waals surface area (Å²) in [5.74, 6) is 1.68. The van der Waals surface area contributed by atoms with Crippen LogP contribution in [0.5, 0.6) is 5.75 Å². The molecule has 1 aromatic rings. The van der Waals surface area contributed by atoms with Crippen molar-refractivity contribution in [3.63, 3.8) is 0 Å². The molecule has 0 atom stereocenters. The van der Waals surface area contributed by atoms with Gasteiger partial charge < -0.3 is 24.8 Å². The molecule has 0 saturated heterocycles. The first-order valence-corrected chi connectivity index (χ1v) is 7.94. The van der Waals surface area contributed by atoms with E-state index in [0.717, 1.165) is 49.8 Å². The molecule has 0 aliphatic heterocycles. The van der Waals surface area contributed by atoms with Crippen molar-refractivity contribution < 1.29 is 14.2 Å². The van der Waals surface area contributed by atoms with E-state index in [0.29, 0.717) is 13.2 Å². The Labute approximate surface area is 139 Å². The van der Waals surface area contributed by atoms with Crippen molar-refractivity contribution in [2.75, 3.05) is 47.6 Å². The maximum Gasteiger partial charge on any atom is 0.190 e. The fraction of sp³-hybridized carbons (Fsp3) is 0.588. The topological polar surface area (TPSA) is 64.1 Å². The summed E-state index contributed by atoms with van der Waals surface area (Å²) in [5.41, 5.74) is 1.15. The van der Waals surface area contributed by atoms with Gasteiger partial charge in [-0.15, -0.1) is 0 Å². The molecule has 0 unspecified atom stereocenters. The number of nitrogens with zero attached hydrogens (tertiary/aromatic N) is 1. The summed E-state index contributed by atoms with van der Waals surface area (Å²) in [4.78, 5) is 4.17. The molecule has 0 aliphatic carbocycles. The molecule has 1 aromatic carbocycles. The zero-order valence-corrected chi connectivity index (χ0v) is 14.4. The molecule has 1 rings (SSSR count). The van der Waals surface area contributed by atoms with Gasteiger partial charge in [0, 0.05) is 40.5 Å². The third kappa shape index (κ3) is 9.05. The SMILES string of the molecule is CN=C(NCCCOC)NCCCOCc1ccc(OC)cc1. The van der Waals surface area contributed by atoms with Crippen LogP contribution in [-0.2, 0) is 16.1 Å². The van der Waals surface area contributed by atoms with Crippen molar-refractivity contribution in [1.29, 1.82) is 0 Å².